The largest absolute Gasteiger partial charge is 0.299 e. The van der Waals surface area contributed by atoms with Crippen LogP contribution >= 0.6 is 0 Å². The highest BCUT2D eigenvalue weighted by Crippen LogP contribution is 2.21. The molecule has 3 aromatic rings. The Bertz CT molecular complexity index is 711. The van der Waals surface area contributed by atoms with Crippen molar-refractivity contribution in [3.05, 3.63) is 59.9 Å². The van der Waals surface area contributed by atoms with Gasteiger partial charge < -0.3 is 0 Å². The number of hydrogen-bond acceptors (Lipinski definition) is 2. The minimum atomic E-state index is 0.453. The lowest BCUT2D eigenvalue weighted by Crippen LogP contribution is -1.90. The summed E-state index contributed by atoms with van der Waals surface area (Å²) >= 11 is 0. The van der Waals surface area contributed by atoms with Crippen molar-refractivity contribution in [3.8, 4) is 11.3 Å². The fraction of sp³-hybridized carbons (Fsp3) is 0.0667. The smallest absolute Gasteiger partial charge is 0.170 e. The Balaban J connectivity index is 2.25. The third-order valence-electron chi connectivity index (χ3n) is 2.98. The van der Waals surface area contributed by atoms with Crippen LogP contribution in [-0.2, 0) is 0 Å². The summed E-state index contributed by atoms with van der Waals surface area (Å²) < 4.78 is 1.94. The average Bonchev–Trinajstić information content (AvgIpc) is 2.82. The van der Waals surface area contributed by atoms with Gasteiger partial charge in [0.15, 0.2) is 6.29 Å². The summed E-state index contributed by atoms with van der Waals surface area (Å²) in [4.78, 5) is 15.0. The molecular formula is C15H12N2O. The molecule has 0 aliphatic rings. The molecule has 3 rings (SSSR count). The van der Waals surface area contributed by atoms with Crippen molar-refractivity contribution < 1.29 is 4.79 Å². The molecule has 1 aromatic carbocycles. The van der Waals surface area contributed by atoms with Gasteiger partial charge in [0, 0.05) is 6.20 Å². The van der Waals surface area contributed by atoms with E-state index in [1.807, 2.05) is 22.6 Å². The summed E-state index contributed by atoms with van der Waals surface area (Å²) in [7, 11) is 0. The highest BCUT2D eigenvalue weighted by molar-refractivity contribution is 5.74. The number of fused-ring (bicyclic) bond motifs is 1. The second-order valence-electron chi connectivity index (χ2n) is 4.29. The first-order valence-corrected chi connectivity index (χ1v) is 5.78. The van der Waals surface area contributed by atoms with Crippen LogP contribution in [0.15, 0.2) is 48.7 Å². The molecule has 0 atom stereocenters. The van der Waals surface area contributed by atoms with Crippen molar-refractivity contribution in [1.29, 1.82) is 0 Å². The molecule has 2 heterocycles. The quantitative estimate of drug-likeness (QED) is 0.641. The first-order chi connectivity index (χ1) is 8.78. The van der Waals surface area contributed by atoms with E-state index in [-0.39, 0.29) is 0 Å². The first-order valence-electron chi connectivity index (χ1n) is 5.78. The van der Waals surface area contributed by atoms with Gasteiger partial charge in [0.25, 0.3) is 0 Å². The molecule has 3 heteroatoms. The van der Waals surface area contributed by atoms with Gasteiger partial charge in [-0.1, -0.05) is 35.9 Å². The number of carbonyl (C=O) groups is 1. The highest BCUT2D eigenvalue weighted by Gasteiger charge is 2.06. The molecule has 0 N–H and O–H groups in total. The number of pyridine rings is 1. The Morgan fingerprint density at radius 2 is 1.89 bits per heavy atom. The number of nitrogens with zero attached hydrogens (tertiary/aromatic N) is 2. The molecule has 0 unspecified atom stereocenters. The van der Waals surface area contributed by atoms with Gasteiger partial charge in [0.1, 0.15) is 11.3 Å². The van der Waals surface area contributed by atoms with Crippen molar-refractivity contribution >= 4 is 11.9 Å². The van der Waals surface area contributed by atoms with Gasteiger partial charge in [-0.05, 0) is 24.6 Å². The van der Waals surface area contributed by atoms with Crippen LogP contribution in [0.2, 0.25) is 0 Å². The summed E-state index contributed by atoms with van der Waals surface area (Å²) in [6.45, 7) is 2.06. The summed E-state index contributed by atoms with van der Waals surface area (Å²) in [5, 5.41) is 0. The van der Waals surface area contributed by atoms with E-state index >= 15 is 0 Å². The van der Waals surface area contributed by atoms with E-state index in [0.29, 0.717) is 5.69 Å². The zero-order valence-electron chi connectivity index (χ0n) is 10.00. The van der Waals surface area contributed by atoms with Crippen LogP contribution in [0, 0.1) is 6.92 Å². The number of aldehydes is 1. The molecule has 0 bridgehead atoms. The van der Waals surface area contributed by atoms with Gasteiger partial charge in [-0.3, -0.25) is 9.20 Å². The second kappa shape index (κ2) is 4.11. The van der Waals surface area contributed by atoms with Crippen molar-refractivity contribution in [2.45, 2.75) is 6.92 Å². The molecular weight excluding hydrogens is 224 g/mol. The van der Waals surface area contributed by atoms with E-state index in [9.17, 15) is 4.79 Å². The molecule has 0 spiro atoms. The van der Waals surface area contributed by atoms with Gasteiger partial charge in [-0.2, -0.15) is 0 Å². The molecule has 0 saturated heterocycles. The number of rotatable bonds is 2. The predicted octanol–water partition coefficient (Wildman–Crippen LogP) is 3.12. The molecule has 18 heavy (non-hydrogen) atoms. The summed E-state index contributed by atoms with van der Waals surface area (Å²) in [5.74, 6) is 0. The van der Waals surface area contributed by atoms with E-state index in [0.717, 1.165) is 23.2 Å². The van der Waals surface area contributed by atoms with E-state index in [4.69, 9.17) is 0 Å². The maximum atomic E-state index is 10.8. The molecule has 88 valence electrons. The minimum Gasteiger partial charge on any atom is -0.299 e. The summed E-state index contributed by atoms with van der Waals surface area (Å²) in [6, 6.07) is 14.2. The zero-order valence-corrected chi connectivity index (χ0v) is 10.00. The lowest BCUT2D eigenvalue weighted by molar-refractivity contribution is 0.111. The molecule has 0 radical (unpaired) electrons. The molecule has 3 nitrogen and oxygen atoms in total. The standard InChI is InChI=1S/C15H12N2O/c1-11-5-7-12(8-6-11)14-3-2-4-15-16-13(10-18)9-17(14)15/h2-10H,1H3. The second-order valence-corrected chi connectivity index (χ2v) is 4.29. The lowest BCUT2D eigenvalue weighted by Gasteiger charge is -2.05. The number of aryl methyl sites for hydroxylation is 1. The summed E-state index contributed by atoms with van der Waals surface area (Å²) in [5.41, 5.74) is 4.61. The van der Waals surface area contributed by atoms with E-state index in [2.05, 4.69) is 36.2 Å². The van der Waals surface area contributed by atoms with Crippen LogP contribution < -0.4 is 0 Å². The van der Waals surface area contributed by atoms with E-state index < -0.39 is 0 Å². The molecule has 0 amide bonds. The van der Waals surface area contributed by atoms with Crippen LogP contribution in [0.4, 0.5) is 0 Å². The Hall–Kier alpha value is -2.42. The number of hydrogen-bond donors (Lipinski definition) is 0. The molecule has 0 saturated carbocycles. The van der Waals surface area contributed by atoms with Crippen molar-refractivity contribution in [3.63, 3.8) is 0 Å². The monoisotopic (exact) mass is 236 g/mol. The number of imidazole rings is 1. The van der Waals surface area contributed by atoms with Crippen LogP contribution in [0.5, 0.6) is 0 Å². The topological polar surface area (TPSA) is 34.4 Å². The maximum Gasteiger partial charge on any atom is 0.170 e. The molecule has 2 aromatic heterocycles. The van der Waals surface area contributed by atoms with Crippen molar-refractivity contribution in [1.82, 2.24) is 9.38 Å². The first kappa shape index (κ1) is 10.7. The van der Waals surface area contributed by atoms with Gasteiger partial charge in [-0.15, -0.1) is 0 Å². The Kier molecular flexibility index (Phi) is 2.45. The SMILES string of the molecule is Cc1ccc(-c2cccc3nc(C=O)cn23)cc1. The number of carbonyl (C=O) groups excluding carboxylic acids is 1. The molecule has 0 aliphatic heterocycles. The third-order valence-corrected chi connectivity index (χ3v) is 2.98. The van der Waals surface area contributed by atoms with Gasteiger partial charge in [0.2, 0.25) is 0 Å². The average molecular weight is 236 g/mol. The maximum absolute atomic E-state index is 10.8. The molecule has 0 aliphatic carbocycles. The number of aromatic nitrogens is 2. The summed E-state index contributed by atoms with van der Waals surface area (Å²) in [6.07, 6.45) is 2.53. The van der Waals surface area contributed by atoms with Gasteiger partial charge >= 0.3 is 0 Å². The van der Waals surface area contributed by atoms with E-state index in [1.54, 1.807) is 6.20 Å². The Labute approximate surface area is 105 Å². The molecule has 0 fully saturated rings. The van der Waals surface area contributed by atoms with Gasteiger partial charge in [-0.25, -0.2) is 4.98 Å². The minimum absolute atomic E-state index is 0.453. The van der Waals surface area contributed by atoms with Crippen molar-refractivity contribution in [2.75, 3.05) is 0 Å². The lowest BCUT2D eigenvalue weighted by atomic mass is 10.1. The van der Waals surface area contributed by atoms with Crippen molar-refractivity contribution in [2.24, 2.45) is 0 Å². The highest BCUT2D eigenvalue weighted by atomic mass is 16.1. The van der Waals surface area contributed by atoms with Gasteiger partial charge in [0.05, 0.1) is 5.69 Å². The number of benzene rings is 1. The Morgan fingerprint density at radius 1 is 1.11 bits per heavy atom. The fourth-order valence-electron chi connectivity index (χ4n) is 2.05. The predicted molar refractivity (Wildman–Crippen MR) is 70.8 cm³/mol. The Morgan fingerprint density at radius 3 is 2.61 bits per heavy atom. The zero-order chi connectivity index (χ0) is 12.5. The van der Waals surface area contributed by atoms with E-state index in [1.165, 1.54) is 5.56 Å². The van der Waals surface area contributed by atoms with Crippen LogP contribution in [0.3, 0.4) is 0 Å². The normalized spacial score (nSPS) is 10.7. The third kappa shape index (κ3) is 1.70. The van der Waals surface area contributed by atoms with Crippen LogP contribution in [-0.4, -0.2) is 15.7 Å². The fourth-order valence-corrected chi connectivity index (χ4v) is 2.05. The van der Waals surface area contributed by atoms with Crippen LogP contribution in [0.1, 0.15) is 16.1 Å². The van der Waals surface area contributed by atoms with Crippen LogP contribution in [0.25, 0.3) is 16.9 Å².